The lowest BCUT2D eigenvalue weighted by molar-refractivity contribution is -0.136. The Labute approximate surface area is 131 Å². The molecule has 4 nitrogen and oxygen atoms in total. The number of hydrogen-bond acceptors (Lipinski definition) is 2. The van der Waals surface area contributed by atoms with Gasteiger partial charge in [-0.05, 0) is 46.9 Å². The number of fused-ring (bicyclic) bond motifs is 1. The second-order valence-electron chi connectivity index (χ2n) is 7.43. The molecule has 0 bridgehead atoms. The molecule has 1 aromatic rings. The first kappa shape index (κ1) is 16.5. The Morgan fingerprint density at radius 3 is 2.27 bits per heavy atom. The highest BCUT2D eigenvalue weighted by Crippen LogP contribution is 2.45. The van der Waals surface area contributed by atoms with Crippen molar-refractivity contribution in [3.63, 3.8) is 0 Å². The average molecular weight is 303 g/mol. The maximum absolute atomic E-state index is 12.2. The quantitative estimate of drug-likeness (QED) is 0.897. The van der Waals surface area contributed by atoms with Gasteiger partial charge in [-0.2, -0.15) is 0 Å². The van der Waals surface area contributed by atoms with Crippen molar-refractivity contribution in [2.24, 2.45) is 0 Å². The molecular formula is C18H25NO3. The summed E-state index contributed by atoms with van der Waals surface area (Å²) in [5.41, 5.74) is 3.33. The Balaban J connectivity index is 2.26. The maximum Gasteiger partial charge on any atom is 0.305 e. The Hall–Kier alpha value is -1.84. The van der Waals surface area contributed by atoms with Crippen LogP contribution in [0.5, 0.6) is 0 Å². The largest absolute Gasteiger partial charge is 0.481 e. The summed E-state index contributed by atoms with van der Waals surface area (Å²) < 4.78 is 0. The lowest BCUT2D eigenvalue weighted by Crippen LogP contribution is -2.34. The van der Waals surface area contributed by atoms with Crippen LogP contribution in [0.4, 0.5) is 0 Å². The fourth-order valence-corrected chi connectivity index (χ4v) is 3.11. The van der Waals surface area contributed by atoms with Crippen molar-refractivity contribution < 1.29 is 14.7 Å². The Kier molecular flexibility index (Phi) is 4.32. The molecule has 0 radical (unpaired) electrons. The molecule has 22 heavy (non-hydrogen) atoms. The van der Waals surface area contributed by atoms with Crippen molar-refractivity contribution in [1.29, 1.82) is 0 Å². The van der Waals surface area contributed by atoms with Gasteiger partial charge in [-0.1, -0.05) is 33.8 Å². The first-order chi connectivity index (χ1) is 10.1. The van der Waals surface area contributed by atoms with E-state index in [1.165, 1.54) is 11.1 Å². The summed E-state index contributed by atoms with van der Waals surface area (Å²) in [6.45, 7) is 9.07. The summed E-state index contributed by atoms with van der Waals surface area (Å²) >= 11 is 0. The fraction of sp³-hybridized carbons (Fsp3) is 0.556. The average Bonchev–Trinajstić information content (AvgIpc) is 2.43. The van der Waals surface area contributed by atoms with Crippen LogP contribution in [0, 0.1) is 0 Å². The first-order valence-corrected chi connectivity index (χ1v) is 7.78. The molecule has 4 heteroatoms. The molecule has 0 unspecified atom stereocenters. The number of carboxylic acids is 1. The molecule has 2 rings (SSSR count). The van der Waals surface area contributed by atoms with E-state index in [-0.39, 0.29) is 29.7 Å². The van der Waals surface area contributed by atoms with Gasteiger partial charge in [0.1, 0.15) is 0 Å². The smallest absolute Gasteiger partial charge is 0.305 e. The lowest BCUT2D eigenvalue weighted by Gasteiger charge is -2.42. The monoisotopic (exact) mass is 303 g/mol. The van der Waals surface area contributed by atoms with Crippen LogP contribution in [-0.4, -0.2) is 23.5 Å². The summed E-state index contributed by atoms with van der Waals surface area (Å²) in [6.07, 6.45) is 2.17. The Morgan fingerprint density at radius 1 is 1.09 bits per heavy atom. The lowest BCUT2D eigenvalue weighted by atomic mass is 9.63. The number of aliphatic carboxylic acids is 1. The van der Waals surface area contributed by atoms with Gasteiger partial charge in [0.15, 0.2) is 0 Å². The van der Waals surface area contributed by atoms with E-state index >= 15 is 0 Å². The zero-order valence-corrected chi connectivity index (χ0v) is 13.8. The van der Waals surface area contributed by atoms with Gasteiger partial charge < -0.3 is 10.4 Å². The van der Waals surface area contributed by atoms with Gasteiger partial charge in [-0.15, -0.1) is 0 Å². The molecular weight excluding hydrogens is 278 g/mol. The van der Waals surface area contributed by atoms with Crippen LogP contribution >= 0.6 is 0 Å². The Bertz CT molecular complexity index is 602. The molecule has 0 fully saturated rings. The molecule has 0 spiro atoms. The number of carbonyl (C=O) groups is 2. The predicted octanol–water partition coefficient (Wildman–Crippen LogP) is 3.24. The van der Waals surface area contributed by atoms with Gasteiger partial charge in [0, 0.05) is 12.1 Å². The van der Waals surface area contributed by atoms with Crippen LogP contribution in [0.15, 0.2) is 18.2 Å². The number of hydrogen-bond donors (Lipinski definition) is 2. The number of nitrogens with one attached hydrogen (secondary N) is 1. The number of amides is 1. The summed E-state index contributed by atoms with van der Waals surface area (Å²) in [5.74, 6) is -1.11. The molecule has 0 saturated heterocycles. The minimum Gasteiger partial charge on any atom is -0.481 e. The Morgan fingerprint density at radius 2 is 1.68 bits per heavy atom. The minimum absolute atomic E-state index is 0.0577. The highest BCUT2D eigenvalue weighted by atomic mass is 16.4. The van der Waals surface area contributed by atoms with E-state index < -0.39 is 5.97 Å². The van der Waals surface area contributed by atoms with Gasteiger partial charge in [-0.3, -0.25) is 9.59 Å². The van der Waals surface area contributed by atoms with Crippen molar-refractivity contribution in [3.8, 4) is 0 Å². The maximum atomic E-state index is 12.2. The van der Waals surface area contributed by atoms with Gasteiger partial charge in [0.05, 0.1) is 6.42 Å². The van der Waals surface area contributed by atoms with E-state index in [4.69, 9.17) is 5.11 Å². The van der Waals surface area contributed by atoms with Gasteiger partial charge >= 0.3 is 5.97 Å². The molecule has 0 saturated carbocycles. The standard InChI is InChI=1S/C18H25NO3/c1-17(2)8-9-18(3,4)14-11-12(5-6-13(14)17)16(22)19-10-7-15(20)21/h5-6,11H,7-10H2,1-4H3,(H,19,22)(H,20,21). The normalized spacial score (nSPS) is 18.4. The molecule has 1 amide bonds. The van der Waals surface area contributed by atoms with Crippen molar-refractivity contribution in [1.82, 2.24) is 5.32 Å². The molecule has 0 aliphatic heterocycles. The summed E-state index contributed by atoms with van der Waals surface area (Å²) in [5, 5.41) is 11.3. The van der Waals surface area contributed by atoms with Crippen LogP contribution in [0.3, 0.4) is 0 Å². The van der Waals surface area contributed by atoms with Crippen LogP contribution < -0.4 is 5.32 Å². The van der Waals surface area contributed by atoms with Crippen LogP contribution in [0.25, 0.3) is 0 Å². The molecule has 1 aliphatic carbocycles. The SMILES string of the molecule is CC1(C)CCC(C)(C)c2cc(C(=O)NCCC(=O)O)ccc21. The topological polar surface area (TPSA) is 66.4 Å². The van der Waals surface area contributed by atoms with E-state index in [0.29, 0.717) is 5.56 Å². The van der Waals surface area contributed by atoms with E-state index in [1.54, 1.807) is 0 Å². The molecule has 0 atom stereocenters. The number of carbonyl (C=O) groups excluding carboxylic acids is 1. The van der Waals surface area contributed by atoms with Crippen LogP contribution in [0.1, 0.15) is 68.4 Å². The number of benzene rings is 1. The van der Waals surface area contributed by atoms with Crippen molar-refractivity contribution in [2.45, 2.75) is 57.8 Å². The molecule has 1 aliphatic rings. The van der Waals surface area contributed by atoms with Gasteiger partial charge in [0.2, 0.25) is 0 Å². The predicted molar refractivity (Wildman–Crippen MR) is 86.3 cm³/mol. The third kappa shape index (κ3) is 3.32. The molecule has 120 valence electrons. The molecule has 1 aromatic carbocycles. The zero-order valence-electron chi connectivity index (χ0n) is 13.8. The van der Waals surface area contributed by atoms with E-state index in [9.17, 15) is 9.59 Å². The fourth-order valence-electron chi connectivity index (χ4n) is 3.11. The molecule has 0 aromatic heterocycles. The van der Waals surface area contributed by atoms with Gasteiger partial charge in [-0.25, -0.2) is 0 Å². The van der Waals surface area contributed by atoms with Crippen molar-refractivity contribution in [3.05, 3.63) is 34.9 Å². The summed E-state index contributed by atoms with van der Waals surface area (Å²) in [7, 11) is 0. The minimum atomic E-state index is -0.909. The molecule has 0 heterocycles. The van der Waals surface area contributed by atoms with Crippen molar-refractivity contribution >= 4 is 11.9 Å². The third-order valence-electron chi connectivity index (χ3n) is 4.74. The zero-order chi connectivity index (χ0) is 16.5. The van der Waals surface area contributed by atoms with Crippen molar-refractivity contribution in [2.75, 3.05) is 6.54 Å². The van der Waals surface area contributed by atoms with Gasteiger partial charge in [0.25, 0.3) is 5.91 Å². The number of rotatable bonds is 4. The first-order valence-electron chi connectivity index (χ1n) is 7.78. The second-order valence-corrected chi connectivity index (χ2v) is 7.43. The van der Waals surface area contributed by atoms with Crippen LogP contribution in [-0.2, 0) is 15.6 Å². The molecule has 2 N–H and O–H groups in total. The highest BCUT2D eigenvalue weighted by molar-refractivity contribution is 5.94. The summed E-state index contributed by atoms with van der Waals surface area (Å²) in [4.78, 5) is 22.7. The third-order valence-corrected chi connectivity index (χ3v) is 4.74. The number of carboxylic acid groups (broad SMARTS) is 1. The highest BCUT2D eigenvalue weighted by Gasteiger charge is 2.37. The van der Waals surface area contributed by atoms with E-state index in [0.717, 1.165) is 12.8 Å². The summed E-state index contributed by atoms with van der Waals surface area (Å²) in [6, 6.07) is 5.88. The second kappa shape index (κ2) is 5.75. The van der Waals surface area contributed by atoms with E-state index in [2.05, 4.69) is 39.1 Å². The van der Waals surface area contributed by atoms with E-state index in [1.807, 2.05) is 12.1 Å². The van der Waals surface area contributed by atoms with Crippen LogP contribution in [0.2, 0.25) is 0 Å².